The van der Waals surface area contributed by atoms with Gasteiger partial charge in [-0.15, -0.1) is 0 Å². The van der Waals surface area contributed by atoms with Crippen molar-refractivity contribution in [3.8, 4) is 0 Å². The Morgan fingerprint density at radius 2 is 1.68 bits per heavy atom. The van der Waals surface area contributed by atoms with Crippen LogP contribution in [0.2, 0.25) is 0 Å². The minimum absolute atomic E-state index is 0.274. The molecule has 1 saturated heterocycles. The molecule has 1 aromatic rings. The first-order valence-corrected chi connectivity index (χ1v) is 12.8. The van der Waals surface area contributed by atoms with E-state index in [2.05, 4.69) is 8.83 Å². The van der Waals surface area contributed by atoms with Crippen molar-refractivity contribution in [2.45, 2.75) is 49.0 Å². The Hall–Kier alpha value is -1.71. The highest BCUT2D eigenvalue weighted by molar-refractivity contribution is 7.60. The summed E-state index contributed by atoms with van der Waals surface area (Å²) in [5.74, 6) is 0. The fraction of sp³-hybridized carbons (Fsp3) is 0.667. The lowest BCUT2D eigenvalue weighted by molar-refractivity contribution is -0.134. The lowest BCUT2D eigenvalue weighted by Gasteiger charge is -2.26. The number of aromatic amines is 1. The van der Waals surface area contributed by atoms with E-state index in [4.69, 9.17) is 34.7 Å². The van der Waals surface area contributed by atoms with Crippen molar-refractivity contribution in [2.24, 2.45) is 0 Å². The molecule has 0 saturated carbocycles. The molecule has 1 aliphatic rings. The summed E-state index contributed by atoms with van der Waals surface area (Å²) >= 11 is 0. The molecule has 1 unspecified atom stereocenters. The van der Waals surface area contributed by atoms with Crippen LogP contribution in [0.25, 0.3) is 0 Å². The standard InChI is InChI=1S/C9H12N2O6.C6H14O12P2/c12-3-4-6(14)7(15)8(17-4)11-2-1-5(13)10-9(11)16;7-1-3(9)5(10)6(11)4(2-8)17-20(15,16)18-19(12,13)14/h1-2,4,6-8,12,14-15H,3H2,(H,10,13,16);2-7,9-11H,1H2,(H,15,16)(H2,12,13,14)/t4-,6-,7-,8-;3-,4+,5-,6-/m11/s1. The van der Waals surface area contributed by atoms with Crippen molar-refractivity contribution in [3.63, 3.8) is 0 Å². The van der Waals surface area contributed by atoms with E-state index >= 15 is 0 Å². The first kappa shape index (κ1) is 33.3. The maximum Gasteiger partial charge on any atom is 0.481 e. The van der Waals surface area contributed by atoms with Gasteiger partial charge in [0.2, 0.25) is 0 Å². The summed E-state index contributed by atoms with van der Waals surface area (Å²) in [4.78, 5) is 60.5. The predicted molar refractivity (Wildman–Crippen MR) is 113 cm³/mol. The zero-order valence-electron chi connectivity index (χ0n) is 18.3. The average Bonchev–Trinajstić information content (AvgIpc) is 3.08. The van der Waals surface area contributed by atoms with Crippen molar-refractivity contribution < 1.29 is 77.9 Å². The molecule has 0 spiro atoms. The minimum Gasteiger partial charge on any atom is -0.394 e. The van der Waals surface area contributed by atoms with Crippen LogP contribution >= 0.6 is 15.6 Å². The van der Waals surface area contributed by atoms with E-state index in [0.29, 0.717) is 0 Å². The van der Waals surface area contributed by atoms with Gasteiger partial charge in [0.25, 0.3) is 5.56 Å². The van der Waals surface area contributed by atoms with Crippen LogP contribution in [0.5, 0.6) is 0 Å². The van der Waals surface area contributed by atoms with Crippen molar-refractivity contribution in [3.05, 3.63) is 33.1 Å². The van der Waals surface area contributed by atoms with Gasteiger partial charge < -0.3 is 60.0 Å². The Balaban J connectivity index is 0.000000373. The first-order chi connectivity index (χ1) is 17.0. The molecular weight excluding hydrogens is 558 g/mol. The van der Waals surface area contributed by atoms with Crippen LogP contribution < -0.4 is 11.2 Å². The highest BCUT2D eigenvalue weighted by Gasteiger charge is 2.44. The highest BCUT2D eigenvalue weighted by atomic mass is 31.3. The number of rotatable bonds is 11. The van der Waals surface area contributed by atoms with Gasteiger partial charge in [0.1, 0.15) is 36.6 Å². The number of aldehydes is 1. The number of ether oxygens (including phenoxy) is 1. The molecule has 2 rings (SSSR count). The summed E-state index contributed by atoms with van der Waals surface area (Å²) < 4.78 is 34.9. The topological polar surface area (TPSA) is 336 Å². The summed E-state index contributed by atoms with van der Waals surface area (Å²) in [6.45, 7) is -1.48. The lowest BCUT2D eigenvalue weighted by atomic mass is 10.0. The molecule has 0 radical (unpaired) electrons. The van der Waals surface area contributed by atoms with Crippen LogP contribution in [0.1, 0.15) is 6.23 Å². The molecule has 1 aromatic heterocycles. The third-order valence-corrected chi connectivity index (χ3v) is 6.70. The highest BCUT2D eigenvalue weighted by Crippen LogP contribution is 2.58. The maximum absolute atomic E-state index is 11.4. The minimum atomic E-state index is -5.43. The second kappa shape index (κ2) is 13.9. The van der Waals surface area contributed by atoms with Crippen LogP contribution in [0.3, 0.4) is 0 Å². The average molecular weight is 584 g/mol. The van der Waals surface area contributed by atoms with Crippen LogP contribution in [0.4, 0.5) is 0 Å². The van der Waals surface area contributed by atoms with Crippen LogP contribution in [0.15, 0.2) is 21.9 Å². The number of H-pyrrole nitrogens is 1. The van der Waals surface area contributed by atoms with Gasteiger partial charge >= 0.3 is 21.3 Å². The van der Waals surface area contributed by atoms with E-state index in [-0.39, 0.29) is 6.29 Å². The monoisotopic (exact) mass is 584 g/mol. The quantitative estimate of drug-likeness (QED) is 0.0851. The Labute approximate surface area is 205 Å². The van der Waals surface area contributed by atoms with E-state index in [9.17, 15) is 43.9 Å². The van der Waals surface area contributed by atoms with E-state index < -0.39 is 89.1 Å². The van der Waals surface area contributed by atoms with Gasteiger partial charge in [-0.2, -0.15) is 4.31 Å². The molecule has 22 heteroatoms. The molecule has 0 bridgehead atoms. The molecule has 9 atom stereocenters. The van der Waals surface area contributed by atoms with Gasteiger partial charge in [-0.3, -0.25) is 18.9 Å². The SMILES string of the molecule is O=C[C@H](OP(=O)(O)OP(=O)(O)O)[C@@H](O)[C@H](O)[C@H](O)CO.O=c1ccn([C@@H]2O[C@H](CO)[C@@H](O)[C@H]2O)c(=O)[nH]1. The maximum atomic E-state index is 11.4. The molecule has 20 nitrogen and oxygen atoms in total. The number of aliphatic hydroxyl groups excluding tert-OH is 7. The smallest absolute Gasteiger partial charge is 0.394 e. The molecule has 1 fully saturated rings. The zero-order valence-corrected chi connectivity index (χ0v) is 20.1. The molecule has 0 aliphatic carbocycles. The van der Waals surface area contributed by atoms with E-state index in [1.54, 1.807) is 0 Å². The normalized spacial score (nSPS) is 26.8. The molecular formula is C15H26N2O18P2. The van der Waals surface area contributed by atoms with Gasteiger partial charge in [0.05, 0.1) is 13.2 Å². The molecule has 214 valence electrons. The second-order valence-electron chi connectivity index (χ2n) is 7.22. The summed E-state index contributed by atoms with van der Waals surface area (Å²) in [5, 5.41) is 64.2. The second-order valence-corrected chi connectivity index (χ2v) is 10.0. The Morgan fingerprint density at radius 1 is 1.08 bits per heavy atom. The Morgan fingerprint density at radius 3 is 2.11 bits per heavy atom. The lowest BCUT2D eigenvalue weighted by Crippen LogP contribution is -2.47. The van der Waals surface area contributed by atoms with Crippen molar-refractivity contribution >= 4 is 21.9 Å². The van der Waals surface area contributed by atoms with Gasteiger partial charge in [-0.05, 0) is 0 Å². The molecule has 37 heavy (non-hydrogen) atoms. The van der Waals surface area contributed by atoms with Gasteiger partial charge in [0.15, 0.2) is 18.6 Å². The number of phosphoric ester groups is 1. The van der Waals surface area contributed by atoms with Crippen LogP contribution in [-0.2, 0) is 27.5 Å². The number of aromatic nitrogens is 2. The van der Waals surface area contributed by atoms with Gasteiger partial charge in [0, 0.05) is 12.3 Å². The number of carbonyl (C=O) groups excluding carboxylic acids is 1. The van der Waals surface area contributed by atoms with E-state index in [0.717, 1.165) is 16.8 Å². The molecule has 11 N–H and O–H groups in total. The number of hydrogen-bond acceptors (Lipinski definition) is 15. The number of nitrogens with one attached hydrogen (secondary N) is 1. The zero-order chi connectivity index (χ0) is 28.7. The number of nitrogens with zero attached hydrogens (tertiary/aromatic N) is 1. The summed E-state index contributed by atoms with van der Waals surface area (Å²) in [5.41, 5.74) is -1.33. The molecule has 0 amide bonds. The van der Waals surface area contributed by atoms with Crippen molar-refractivity contribution in [1.82, 2.24) is 9.55 Å². The fourth-order valence-corrected chi connectivity index (χ4v) is 4.45. The van der Waals surface area contributed by atoms with Crippen LogP contribution in [0, 0.1) is 0 Å². The van der Waals surface area contributed by atoms with E-state index in [1.165, 1.54) is 0 Å². The number of aliphatic hydroxyl groups is 7. The molecule has 2 heterocycles. The van der Waals surface area contributed by atoms with Crippen molar-refractivity contribution in [1.29, 1.82) is 0 Å². The Bertz CT molecular complexity index is 1090. The number of phosphoric acid groups is 2. The fourth-order valence-electron chi connectivity index (χ4n) is 2.74. The summed E-state index contributed by atoms with van der Waals surface area (Å²) in [7, 11) is -10.8. The third-order valence-electron chi connectivity index (χ3n) is 4.51. The number of hydrogen-bond donors (Lipinski definition) is 11. The molecule has 0 aromatic carbocycles. The predicted octanol–water partition coefficient (Wildman–Crippen LogP) is -6.00. The van der Waals surface area contributed by atoms with Crippen molar-refractivity contribution in [2.75, 3.05) is 13.2 Å². The van der Waals surface area contributed by atoms with E-state index in [1.807, 2.05) is 4.98 Å². The largest absolute Gasteiger partial charge is 0.481 e. The third kappa shape index (κ3) is 9.84. The van der Waals surface area contributed by atoms with Gasteiger partial charge in [-0.25, -0.2) is 13.9 Å². The summed E-state index contributed by atoms with van der Waals surface area (Å²) in [6.07, 6.45) is -12.4. The number of carbonyl (C=O) groups is 1. The first-order valence-electron chi connectivity index (χ1n) is 9.80. The Kier molecular flexibility index (Phi) is 12.5. The molecule has 1 aliphatic heterocycles. The van der Waals surface area contributed by atoms with Gasteiger partial charge in [-0.1, -0.05) is 0 Å². The van der Waals surface area contributed by atoms with Crippen LogP contribution in [-0.4, -0.2) is 122 Å². The summed E-state index contributed by atoms with van der Waals surface area (Å²) in [6, 6.07) is 1.09.